The van der Waals surface area contributed by atoms with E-state index in [4.69, 9.17) is 4.74 Å². The van der Waals surface area contributed by atoms with Crippen molar-refractivity contribution in [3.05, 3.63) is 23.8 Å². The van der Waals surface area contributed by atoms with E-state index in [1.807, 2.05) is 17.8 Å². The molecule has 1 fully saturated rings. The molecular weight excluding hydrogens is 268 g/mol. The van der Waals surface area contributed by atoms with Gasteiger partial charge < -0.3 is 9.84 Å². The Morgan fingerprint density at radius 2 is 1.95 bits per heavy atom. The van der Waals surface area contributed by atoms with Crippen LogP contribution in [0.4, 0.5) is 0 Å². The lowest BCUT2D eigenvalue weighted by molar-refractivity contribution is 0.0965. The first-order valence-electron chi connectivity index (χ1n) is 7.79. The molecule has 1 N–H and O–H groups in total. The summed E-state index contributed by atoms with van der Waals surface area (Å²) in [5.41, 5.74) is 1.37. The van der Waals surface area contributed by atoms with Crippen LogP contribution in [0, 0.1) is 5.92 Å². The maximum atomic E-state index is 10.7. The van der Waals surface area contributed by atoms with Crippen molar-refractivity contribution in [2.75, 3.05) is 7.11 Å². The van der Waals surface area contributed by atoms with Crippen LogP contribution in [-0.2, 0) is 6.42 Å². The zero-order valence-corrected chi connectivity index (χ0v) is 13.0. The number of thioether (sulfide) groups is 1. The Bertz CT molecular complexity index is 452. The predicted molar refractivity (Wildman–Crippen MR) is 83.5 cm³/mol. The van der Waals surface area contributed by atoms with E-state index < -0.39 is 0 Å². The van der Waals surface area contributed by atoms with Gasteiger partial charge in [-0.1, -0.05) is 31.7 Å². The Labute approximate surface area is 125 Å². The SMILES string of the molecule is COc1ccc2c(c1)SC(C(O)C1CCCCCC1)C2. The van der Waals surface area contributed by atoms with Gasteiger partial charge in [0.1, 0.15) is 5.75 Å². The number of rotatable bonds is 3. The summed E-state index contributed by atoms with van der Waals surface area (Å²) in [6.45, 7) is 0. The molecule has 1 aliphatic carbocycles. The maximum absolute atomic E-state index is 10.7. The fourth-order valence-corrected chi connectivity index (χ4v) is 4.95. The van der Waals surface area contributed by atoms with Gasteiger partial charge in [0.15, 0.2) is 0 Å². The first-order chi connectivity index (χ1) is 9.78. The van der Waals surface area contributed by atoms with E-state index in [2.05, 4.69) is 12.1 Å². The van der Waals surface area contributed by atoms with Crippen LogP contribution in [0.25, 0.3) is 0 Å². The fraction of sp³-hybridized carbons (Fsp3) is 0.647. The van der Waals surface area contributed by atoms with Crippen molar-refractivity contribution in [1.29, 1.82) is 0 Å². The molecule has 0 bridgehead atoms. The molecule has 2 nitrogen and oxygen atoms in total. The average molecular weight is 292 g/mol. The molecule has 110 valence electrons. The normalized spacial score (nSPS) is 25.0. The Kier molecular flexibility index (Phi) is 4.57. The lowest BCUT2D eigenvalue weighted by Gasteiger charge is -2.25. The lowest BCUT2D eigenvalue weighted by atomic mass is 9.90. The summed E-state index contributed by atoms with van der Waals surface area (Å²) in [6.07, 6.45) is 8.53. The Morgan fingerprint density at radius 1 is 1.20 bits per heavy atom. The number of fused-ring (bicyclic) bond motifs is 1. The van der Waals surface area contributed by atoms with Crippen molar-refractivity contribution in [2.24, 2.45) is 5.92 Å². The molecule has 0 saturated heterocycles. The van der Waals surface area contributed by atoms with Gasteiger partial charge >= 0.3 is 0 Å². The standard InChI is InChI=1S/C17H24O2S/c1-19-14-9-8-13-10-16(20-15(13)11-14)17(18)12-6-4-2-3-5-7-12/h8-9,11-12,16-18H,2-7,10H2,1H3. The summed E-state index contributed by atoms with van der Waals surface area (Å²) in [5, 5.41) is 11.1. The molecule has 2 aliphatic rings. The third kappa shape index (κ3) is 2.99. The van der Waals surface area contributed by atoms with E-state index >= 15 is 0 Å². The van der Waals surface area contributed by atoms with E-state index in [9.17, 15) is 5.11 Å². The third-order valence-electron chi connectivity index (χ3n) is 4.74. The summed E-state index contributed by atoms with van der Waals surface area (Å²) in [4.78, 5) is 1.29. The van der Waals surface area contributed by atoms with Crippen molar-refractivity contribution in [3.63, 3.8) is 0 Å². The van der Waals surface area contributed by atoms with Gasteiger partial charge in [-0.3, -0.25) is 0 Å². The highest BCUT2D eigenvalue weighted by molar-refractivity contribution is 8.00. The van der Waals surface area contributed by atoms with E-state index in [0.717, 1.165) is 12.2 Å². The summed E-state index contributed by atoms with van der Waals surface area (Å²) in [5.74, 6) is 1.42. The molecule has 3 heteroatoms. The quantitative estimate of drug-likeness (QED) is 0.853. The molecule has 0 spiro atoms. The van der Waals surface area contributed by atoms with Gasteiger partial charge in [0.05, 0.1) is 13.2 Å². The van der Waals surface area contributed by atoms with Gasteiger partial charge in [-0.25, -0.2) is 0 Å². The number of aliphatic hydroxyl groups excluding tert-OH is 1. The number of methoxy groups -OCH3 is 1. The zero-order chi connectivity index (χ0) is 13.9. The second-order valence-corrected chi connectivity index (χ2v) is 7.36. The molecule has 1 aromatic rings. The number of aliphatic hydroxyl groups is 1. The highest BCUT2D eigenvalue weighted by Gasteiger charge is 2.33. The number of benzene rings is 1. The Balaban J connectivity index is 1.67. The van der Waals surface area contributed by atoms with Crippen LogP contribution >= 0.6 is 11.8 Å². The van der Waals surface area contributed by atoms with Crippen LogP contribution < -0.4 is 4.74 Å². The molecular formula is C17H24O2S. The van der Waals surface area contributed by atoms with Gasteiger partial charge in [0.25, 0.3) is 0 Å². The number of hydrogen-bond donors (Lipinski definition) is 1. The predicted octanol–water partition coefficient (Wildman–Crippen LogP) is 4.04. The molecule has 0 radical (unpaired) electrons. The second kappa shape index (κ2) is 6.40. The smallest absolute Gasteiger partial charge is 0.119 e. The molecule has 1 saturated carbocycles. The van der Waals surface area contributed by atoms with Crippen molar-refractivity contribution >= 4 is 11.8 Å². The van der Waals surface area contributed by atoms with Gasteiger partial charge in [0, 0.05) is 10.1 Å². The molecule has 0 amide bonds. The zero-order valence-electron chi connectivity index (χ0n) is 12.2. The molecule has 1 aliphatic heterocycles. The van der Waals surface area contributed by atoms with E-state index in [0.29, 0.717) is 11.2 Å². The van der Waals surface area contributed by atoms with Crippen LogP contribution in [-0.4, -0.2) is 23.6 Å². The minimum Gasteiger partial charge on any atom is -0.497 e. The third-order valence-corrected chi connectivity index (χ3v) is 6.12. The topological polar surface area (TPSA) is 29.5 Å². The van der Waals surface area contributed by atoms with Crippen LogP contribution in [0.3, 0.4) is 0 Å². The Morgan fingerprint density at radius 3 is 2.65 bits per heavy atom. The van der Waals surface area contributed by atoms with Crippen LogP contribution in [0.1, 0.15) is 44.1 Å². The molecule has 2 atom stereocenters. The largest absolute Gasteiger partial charge is 0.497 e. The monoisotopic (exact) mass is 292 g/mol. The minimum absolute atomic E-state index is 0.156. The van der Waals surface area contributed by atoms with Gasteiger partial charge in [-0.15, -0.1) is 11.8 Å². The fourth-order valence-electron chi connectivity index (χ4n) is 3.51. The molecule has 1 heterocycles. The number of hydrogen-bond acceptors (Lipinski definition) is 3. The lowest BCUT2D eigenvalue weighted by Crippen LogP contribution is -2.31. The van der Waals surface area contributed by atoms with Crippen LogP contribution in [0.15, 0.2) is 23.1 Å². The maximum Gasteiger partial charge on any atom is 0.119 e. The van der Waals surface area contributed by atoms with Crippen molar-refractivity contribution in [2.45, 2.75) is 61.2 Å². The average Bonchev–Trinajstić information content (AvgIpc) is 2.71. The van der Waals surface area contributed by atoms with Crippen molar-refractivity contribution < 1.29 is 9.84 Å². The minimum atomic E-state index is -0.156. The molecule has 0 aromatic heterocycles. The van der Waals surface area contributed by atoms with Crippen LogP contribution in [0.5, 0.6) is 5.75 Å². The highest BCUT2D eigenvalue weighted by Crippen LogP contribution is 2.43. The van der Waals surface area contributed by atoms with Gasteiger partial charge in [-0.05, 0) is 42.9 Å². The van der Waals surface area contributed by atoms with Crippen molar-refractivity contribution in [3.8, 4) is 5.75 Å². The highest BCUT2D eigenvalue weighted by atomic mass is 32.2. The summed E-state index contributed by atoms with van der Waals surface area (Å²) < 4.78 is 5.29. The molecule has 20 heavy (non-hydrogen) atoms. The summed E-state index contributed by atoms with van der Waals surface area (Å²) in [7, 11) is 1.71. The number of ether oxygens (including phenoxy) is 1. The van der Waals surface area contributed by atoms with E-state index in [1.165, 1.54) is 49.0 Å². The second-order valence-electron chi connectivity index (χ2n) is 6.08. The van der Waals surface area contributed by atoms with Gasteiger partial charge in [0.2, 0.25) is 0 Å². The molecule has 2 unspecified atom stereocenters. The first-order valence-corrected chi connectivity index (χ1v) is 8.67. The van der Waals surface area contributed by atoms with Gasteiger partial charge in [-0.2, -0.15) is 0 Å². The van der Waals surface area contributed by atoms with E-state index in [-0.39, 0.29) is 6.10 Å². The van der Waals surface area contributed by atoms with Crippen molar-refractivity contribution in [1.82, 2.24) is 0 Å². The van der Waals surface area contributed by atoms with E-state index in [1.54, 1.807) is 7.11 Å². The first kappa shape index (κ1) is 14.3. The summed E-state index contributed by atoms with van der Waals surface area (Å²) in [6, 6.07) is 6.29. The summed E-state index contributed by atoms with van der Waals surface area (Å²) >= 11 is 1.84. The van der Waals surface area contributed by atoms with Crippen LogP contribution in [0.2, 0.25) is 0 Å². The molecule has 3 rings (SSSR count). The molecule has 1 aromatic carbocycles. The Hall–Kier alpha value is -0.670.